The standard InChI is InChI=1S/C14H18N2O2/c1-5-10-6-7-11-12(8-10)16(9-15-11)13(17)18-14(2,3)4/h6-9H,5H2,1-4H3. The zero-order chi connectivity index (χ0) is 13.3. The second kappa shape index (κ2) is 4.44. The molecule has 4 heteroatoms. The van der Waals surface area contributed by atoms with Crippen LogP contribution in [0.4, 0.5) is 4.79 Å². The molecule has 0 amide bonds. The van der Waals surface area contributed by atoms with Gasteiger partial charge in [-0.15, -0.1) is 0 Å². The lowest BCUT2D eigenvalue weighted by molar-refractivity contribution is 0.0543. The first-order valence-electron chi connectivity index (χ1n) is 6.10. The number of aromatic nitrogens is 2. The van der Waals surface area contributed by atoms with E-state index in [1.807, 2.05) is 39.0 Å². The molecular weight excluding hydrogens is 228 g/mol. The van der Waals surface area contributed by atoms with Crippen LogP contribution in [0.1, 0.15) is 33.3 Å². The lowest BCUT2D eigenvalue weighted by Crippen LogP contribution is -2.26. The summed E-state index contributed by atoms with van der Waals surface area (Å²) in [6.45, 7) is 7.62. The van der Waals surface area contributed by atoms with E-state index < -0.39 is 11.7 Å². The number of imidazole rings is 1. The predicted molar refractivity (Wildman–Crippen MR) is 70.7 cm³/mol. The second-order valence-electron chi connectivity index (χ2n) is 5.27. The molecule has 1 heterocycles. The molecule has 0 aliphatic carbocycles. The summed E-state index contributed by atoms with van der Waals surface area (Å²) in [6, 6.07) is 5.93. The van der Waals surface area contributed by atoms with E-state index in [4.69, 9.17) is 4.74 Å². The summed E-state index contributed by atoms with van der Waals surface area (Å²) in [7, 11) is 0. The second-order valence-corrected chi connectivity index (χ2v) is 5.27. The van der Waals surface area contributed by atoms with Crippen molar-refractivity contribution < 1.29 is 9.53 Å². The number of aryl methyl sites for hydroxylation is 1. The Morgan fingerprint density at radius 3 is 2.72 bits per heavy atom. The van der Waals surface area contributed by atoms with Crippen LogP contribution in [0.25, 0.3) is 11.0 Å². The first kappa shape index (κ1) is 12.6. The molecule has 2 rings (SSSR count). The average Bonchev–Trinajstić information content (AvgIpc) is 2.69. The number of carbonyl (C=O) groups excluding carboxylic acids is 1. The van der Waals surface area contributed by atoms with Crippen LogP contribution < -0.4 is 0 Å². The van der Waals surface area contributed by atoms with Gasteiger partial charge in [0, 0.05) is 0 Å². The lowest BCUT2D eigenvalue weighted by atomic mass is 10.1. The van der Waals surface area contributed by atoms with Crippen molar-refractivity contribution in [1.29, 1.82) is 0 Å². The first-order valence-corrected chi connectivity index (χ1v) is 6.10. The van der Waals surface area contributed by atoms with Crippen LogP contribution in [0.15, 0.2) is 24.5 Å². The molecule has 1 aromatic carbocycles. The quantitative estimate of drug-likeness (QED) is 0.774. The average molecular weight is 246 g/mol. The van der Waals surface area contributed by atoms with E-state index in [0.717, 1.165) is 17.5 Å². The van der Waals surface area contributed by atoms with Crippen molar-refractivity contribution in [3.05, 3.63) is 30.1 Å². The Bertz CT molecular complexity index is 579. The molecule has 0 spiro atoms. The van der Waals surface area contributed by atoms with E-state index in [1.54, 1.807) is 0 Å². The van der Waals surface area contributed by atoms with Gasteiger partial charge in [-0.25, -0.2) is 14.3 Å². The zero-order valence-electron chi connectivity index (χ0n) is 11.2. The van der Waals surface area contributed by atoms with Crippen LogP contribution in [0.3, 0.4) is 0 Å². The summed E-state index contributed by atoms with van der Waals surface area (Å²) in [6.07, 6.45) is 2.05. The SMILES string of the molecule is CCc1ccc2ncn(C(=O)OC(C)(C)C)c2c1. The highest BCUT2D eigenvalue weighted by Crippen LogP contribution is 2.17. The van der Waals surface area contributed by atoms with Crippen molar-refractivity contribution in [3.63, 3.8) is 0 Å². The molecule has 18 heavy (non-hydrogen) atoms. The number of hydrogen-bond donors (Lipinski definition) is 0. The minimum Gasteiger partial charge on any atom is -0.443 e. The number of ether oxygens (including phenoxy) is 1. The molecule has 0 N–H and O–H groups in total. The van der Waals surface area contributed by atoms with Gasteiger partial charge < -0.3 is 4.74 Å². The molecule has 0 aliphatic heterocycles. The molecule has 0 bridgehead atoms. The Labute approximate surface area is 107 Å². The molecular formula is C14H18N2O2. The smallest absolute Gasteiger partial charge is 0.420 e. The van der Waals surface area contributed by atoms with Gasteiger partial charge in [-0.1, -0.05) is 13.0 Å². The molecule has 1 aromatic heterocycles. The van der Waals surface area contributed by atoms with E-state index in [1.165, 1.54) is 16.5 Å². The highest BCUT2D eigenvalue weighted by molar-refractivity contribution is 5.86. The first-order chi connectivity index (χ1) is 8.40. The molecule has 96 valence electrons. The predicted octanol–water partition coefficient (Wildman–Crippen LogP) is 3.38. The van der Waals surface area contributed by atoms with Gasteiger partial charge in [0.2, 0.25) is 0 Å². The molecule has 0 atom stereocenters. The van der Waals surface area contributed by atoms with Crippen LogP contribution in [0.5, 0.6) is 0 Å². The summed E-state index contributed by atoms with van der Waals surface area (Å²) in [4.78, 5) is 16.2. The van der Waals surface area contributed by atoms with Crippen LogP contribution in [0.2, 0.25) is 0 Å². The van der Waals surface area contributed by atoms with Crippen LogP contribution >= 0.6 is 0 Å². The molecule has 0 aliphatic rings. The Hall–Kier alpha value is -1.84. The van der Waals surface area contributed by atoms with Gasteiger partial charge in [-0.3, -0.25) is 0 Å². The largest absolute Gasteiger partial charge is 0.443 e. The van der Waals surface area contributed by atoms with E-state index in [0.29, 0.717) is 0 Å². The molecule has 0 saturated carbocycles. The Morgan fingerprint density at radius 2 is 2.11 bits per heavy atom. The minimum atomic E-state index is -0.504. The fourth-order valence-electron chi connectivity index (χ4n) is 1.73. The van der Waals surface area contributed by atoms with Gasteiger partial charge >= 0.3 is 6.09 Å². The maximum Gasteiger partial charge on any atom is 0.420 e. The number of benzene rings is 1. The highest BCUT2D eigenvalue weighted by atomic mass is 16.6. The minimum absolute atomic E-state index is 0.391. The monoisotopic (exact) mass is 246 g/mol. The number of nitrogens with zero attached hydrogens (tertiary/aromatic N) is 2. The third-order valence-corrected chi connectivity index (χ3v) is 2.61. The van der Waals surface area contributed by atoms with Crippen molar-refractivity contribution in [2.24, 2.45) is 0 Å². The molecule has 0 fully saturated rings. The van der Waals surface area contributed by atoms with Gasteiger partial charge in [-0.2, -0.15) is 0 Å². The molecule has 0 unspecified atom stereocenters. The zero-order valence-corrected chi connectivity index (χ0v) is 11.2. The maximum atomic E-state index is 12.0. The molecule has 2 aromatic rings. The summed E-state index contributed by atoms with van der Waals surface area (Å²) >= 11 is 0. The summed E-state index contributed by atoms with van der Waals surface area (Å²) in [5.41, 5.74) is 2.27. The summed E-state index contributed by atoms with van der Waals surface area (Å²) in [5.74, 6) is 0. The third-order valence-electron chi connectivity index (χ3n) is 2.61. The number of hydrogen-bond acceptors (Lipinski definition) is 3. The van der Waals surface area contributed by atoms with Gasteiger partial charge in [0.1, 0.15) is 11.9 Å². The summed E-state index contributed by atoms with van der Waals surface area (Å²) < 4.78 is 6.81. The Kier molecular flexibility index (Phi) is 3.11. The molecule has 0 saturated heterocycles. The maximum absolute atomic E-state index is 12.0. The van der Waals surface area contributed by atoms with Gasteiger partial charge in [0.25, 0.3) is 0 Å². The van der Waals surface area contributed by atoms with E-state index in [-0.39, 0.29) is 0 Å². The van der Waals surface area contributed by atoms with Crippen molar-refractivity contribution in [2.75, 3.05) is 0 Å². The summed E-state index contributed by atoms with van der Waals surface area (Å²) in [5, 5.41) is 0. The molecule has 4 nitrogen and oxygen atoms in total. The van der Waals surface area contributed by atoms with Crippen molar-refractivity contribution >= 4 is 17.1 Å². The van der Waals surface area contributed by atoms with Gasteiger partial charge in [0.15, 0.2) is 0 Å². The van der Waals surface area contributed by atoms with E-state index >= 15 is 0 Å². The lowest BCUT2D eigenvalue weighted by Gasteiger charge is -2.19. The van der Waals surface area contributed by atoms with Crippen molar-refractivity contribution in [2.45, 2.75) is 39.7 Å². The Balaban J connectivity index is 2.42. The van der Waals surface area contributed by atoms with Crippen LogP contribution in [-0.4, -0.2) is 21.2 Å². The number of carbonyl (C=O) groups is 1. The van der Waals surface area contributed by atoms with Crippen LogP contribution in [-0.2, 0) is 11.2 Å². The van der Waals surface area contributed by atoms with Crippen molar-refractivity contribution in [1.82, 2.24) is 9.55 Å². The highest BCUT2D eigenvalue weighted by Gasteiger charge is 2.19. The Morgan fingerprint density at radius 1 is 1.39 bits per heavy atom. The fourth-order valence-corrected chi connectivity index (χ4v) is 1.73. The van der Waals surface area contributed by atoms with Gasteiger partial charge in [0.05, 0.1) is 11.0 Å². The van der Waals surface area contributed by atoms with Crippen LogP contribution in [0, 0.1) is 0 Å². The van der Waals surface area contributed by atoms with Crippen molar-refractivity contribution in [3.8, 4) is 0 Å². The number of fused-ring (bicyclic) bond motifs is 1. The normalized spacial score (nSPS) is 11.8. The topological polar surface area (TPSA) is 44.1 Å². The fraction of sp³-hybridized carbons (Fsp3) is 0.429. The molecule has 0 radical (unpaired) electrons. The third kappa shape index (κ3) is 2.53. The van der Waals surface area contributed by atoms with E-state index in [9.17, 15) is 4.79 Å². The number of rotatable bonds is 1. The van der Waals surface area contributed by atoms with E-state index in [2.05, 4.69) is 11.9 Å². The van der Waals surface area contributed by atoms with Gasteiger partial charge in [-0.05, 0) is 44.9 Å².